The van der Waals surface area contributed by atoms with Gasteiger partial charge in [0.15, 0.2) is 0 Å². The lowest BCUT2D eigenvalue weighted by molar-refractivity contribution is 0.759. The van der Waals surface area contributed by atoms with Crippen LogP contribution in [0.4, 0.5) is 5.69 Å². The monoisotopic (exact) mass is 379 g/mol. The number of anilines is 1. The van der Waals surface area contributed by atoms with Crippen LogP contribution in [0.25, 0.3) is 16.7 Å². The first-order chi connectivity index (χ1) is 13.1. The first kappa shape index (κ1) is 17.3. The fraction of sp³-hybridized carbons (Fsp3) is 0.150. The van der Waals surface area contributed by atoms with Crippen molar-refractivity contribution in [3.8, 4) is 5.69 Å². The van der Waals surface area contributed by atoms with Crippen LogP contribution in [0.1, 0.15) is 5.82 Å². The van der Waals surface area contributed by atoms with Crippen molar-refractivity contribution in [2.24, 2.45) is 7.05 Å². The van der Waals surface area contributed by atoms with E-state index in [1.165, 1.54) is 4.68 Å². The second-order valence-corrected chi connectivity index (χ2v) is 6.71. The van der Waals surface area contributed by atoms with Crippen LogP contribution in [0, 0.1) is 0 Å². The minimum Gasteiger partial charge on any atom is -0.364 e. The quantitative estimate of drug-likeness (QED) is 0.545. The molecular formula is C20H18ClN5O. The number of rotatable bonds is 4. The van der Waals surface area contributed by atoms with Crippen LogP contribution in [-0.2, 0) is 13.6 Å². The number of imidazole rings is 1. The third kappa shape index (κ3) is 3.08. The lowest BCUT2D eigenvalue weighted by atomic mass is 10.3. The van der Waals surface area contributed by atoms with Crippen molar-refractivity contribution in [1.82, 2.24) is 19.3 Å². The Labute approximate surface area is 161 Å². The van der Waals surface area contributed by atoms with Gasteiger partial charge in [-0.2, -0.15) is 9.78 Å². The molecule has 0 spiro atoms. The number of aromatic nitrogens is 4. The molecule has 0 bridgehead atoms. The maximum Gasteiger partial charge on any atom is 0.292 e. The van der Waals surface area contributed by atoms with E-state index in [0.29, 0.717) is 17.9 Å². The standard InChI is InChI=1S/C20H18ClN5O/c1-24(13-18-23-15-10-6-7-11-16(15)25(18)2)17-12-22-26(20(27)19(17)21)14-8-4-3-5-9-14/h3-12H,13H2,1-2H3. The van der Waals surface area contributed by atoms with Gasteiger partial charge in [-0.25, -0.2) is 4.98 Å². The lowest BCUT2D eigenvalue weighted by Crippen LogP contribution is -2.26. The molecule has 0 aliphatic rings. The third-order valence-corrected chi connectivity index (χ3v) is 4.93. The zero-order valence-corrected chi connectivity index (χ0v) is 15.8. The Bertz CT molecular complexity index is 1170. The van der Waals surface area contributed by atoms with E-state index in [-0.39, 0.29) is 10.6 Å². The van der Waals surface area contributed by atoms with Crippen molar-refractivity contribution in [3.05, 3.63) is 82.0 Å². The summed E-state index contributed by atoms with van der Waals surface area (Å²) in [6.45, 7) is 0.501. The molecule has 27 heavy (non-hydrogen) atoms. The molecule has 2 aromatic heterocycles. The summed E-state index contributed by atoms with van der Waals surface area (Å²) in [5.74, 6) is 0.877. The normalized spacial score (nSPS) is 11.1. The van der Waals surface area contributed by atoms with Gasteiger partial charge in [0.1, 0.15) is 10.8 Å². The van der Waals surface area contributed by atoms with Gasteiger partial charge in [-0.05, 0) is 24.3 Å². The summed E-state index contributed by atoms with van der Waals surface area (Å²) in [4.78, 5) is 19.2. The third-order valence-electron chi connectivity index (χ3n) is 4.57. The lowest BCUT2D eigenvalue weighted by Gasteiger charge is -2.20. The molecule has 0 fully saturated rings. The van der Waals surface area contributed by atoms with E-state index in [1.807, 2.05) is 78.2 Å². The highest BCUT2D eigenvalue weighted by Gasteiger charge is 2.16. The summed E-state index contributed by atoms with van der Waals surface area (Å²) in [6.07, 6.45) is 1.61. The number of aryl methyl sites for hydroxylation is 1. The van der Waals surface area contributed by atoms with E-state index < -0.39 is 0 Å². The van der Waals surface area contributed by atoms with Crippen LogP contribution in [0.5, 0.6) is 0 Å². The number of para-hydroxylation sites is 3. The first-order valence-electron chi connectivity index (χ1n) is 8.51. The average Bonchev–Trinajstić information content (AvgIpc) is 3.00. The van der Waals surface area contributed by atoms with Crippen molar-refractivity contribution in [2.75, 3.05) is 11.9 Å². The van der Waals surface area contributed by atoms with Gasteiger partial charge in [-0.3, -0.25) is 4.79 Å². The molecule has 0 aliphatic carbocycles. The van der Waals surface area contributed by atoms with Gasteiger partial charge in [-0.1, -0.05) is 41.9 Å². The Kier molecular flexibility index (Phi) is 4.41. The number of benzene rings is 2. The van der Waals surface area contributed by atoms with Gasteiger partial charge in [-0.15, -0.1) is 0 Å². The van der Waals surface area contributed by atoms with Gasteiger partial charge in [0.2, 0.25) is 0 Å². The predicted octanol–water partition coefficient (Wildman–Crippen LogP) is 3.41. The molecule has 4 rings (SSSR count). The molecule has 2 heterocycles. The molecule has 2 aromatic carbocycles. The molecule has 0 saturated heterocycles. The van der Waals surface area contributed by atoms with Crippen molar-refractivity contribution < 1.29 is 0 Å². The van der Waals surface area contributed by atoms with Gasteiger partial charge >= 0.3 is 0 Å². The summed E-state index contributed by atoms with van der Waals surface area (Å²) < 4.78 is 3.34. The van der Waals surface area contributed by atoms with Crippen LogP contribution < -0.4 is 10.5 Å². The average molecular weight is 380 g/mol. The van der Waals surface area contributed by atoms with Crippen molar-refractivity contribution >= 4 is 28.3 Å². The molecular weight excluding hydrogens is 362 g/mol. The molecule has 7 heteroatoms. The number of fused-ring (bicyclic) bond motifs is 1. The maximum atomic E-state index is 12.7. The zero-order valence-electron chi connectivity index (χ0n) is 15.0. The van der Waals surface area contributed by atoms with Crippen LogP contribution in [0.2, 0.25) is 5.02 Å². The number of nitrogens with zero attached hydrogens (tertiary/aromatic N) is 5. The molecule has 0 aliphatic heterocycles. The molecule has 6 nitrogen and oxygen atoms in total. The van der Waals surface area contributed by atoms with Crippen molar-refractivity contribution in [1.29, 1.82) is 0 Å². The SMILES string of the molecule is CN(Cc1nc2ccccc2n1C)c1cnn(-c2ccccc2)c(=O)c1Cl. The number of halogens is 1. The smallest absolute Gasteiger partial charge is 0.292 e. The molecule has 0 atom stereocenters. The van der Waals surface area contributed by atoms with E-state index in [0.717, 1.165) is 16.9 Å². The fourth-order valence-corrected chi connectivity index (χ4v) is 3.35. The second-order valence-electron chi connectivity index (χ2n) is 6.33. The molecule has 4 aromatic rings. The predicted molar refractivity (Wildman–Crippen MR) is 108 cm³/mol. The highest BCUT2D eigenvalue weighted by molar-refractivity contribution is 6.33. The van der Waals surface area contributed by atoms with Gasteiger partial charge < -0.3 is 9.47 Å². The summed E-state index contributed by atoms with van der Waals surface area (Å²) in [5.41, 5.74) is 2.89. The van der Waals surface area contributed by atoms with Crippen molar-refractivity contribution in [3.63, 3.8) is 0 Å². The largest absolute Gasteiger partial charge is 0.364 e. The van der Waals surface area contributed by atoms with Gasteiger partial charge in [0.05, 0.1) is 35.1 Å². The van der Waals surface area contributed by atoms with E-state index in [1.54, 1.807) is 6.20 Å². The minimum atomic E-state index is -0.350. The fourth-order valence-electron chi connectivity index (χ4n) is 3.08. The maximum absolute atomic E-state index is 12.7. The van der Waals surface area contributed by atoms with Crippen molar-refractivity contribution in [2.45, 2.75) is 6.54 Å². The highest BCUT2D eigenvalue weighted by atomic mass is 35.5. The molecule has 0 saturated carbocycles. The van der Waals surface area contributed by atoms with Crippen LogP contribution in [0.3, 0.4) is 0 Å². The van der Waals surface area contributed by atoms with E-state index in [2.05, 4.69) is 10.1 Å². The first-order valence-corrected chi connectivity index (χ1v) is 8.89. The summed E-state index contributed by atoms with van der Waals surface area (Å²) >= 11 is 6.39. The summed E-state index contributed by atoms with van der Waals surface area (Å²) in [6, 6.07) is 17.2. The van der Waals surface area contributed by atoms with Gasteiger partial charge in [0.25, 0.3) is 5.56 Å². The van der Waals surface area contributed by atoms with Crippen LogP contribution in [0.15, 0.2) is 65.6 Å². The topological polar surface area (TPSA) is 56.0 Å². The van der Waals surface area contributed by atoms with E-state index >= 15 is 0 Å². The minimum absolute atomic E-state index is 0.134. The molecule has 136 valence electrons. The molecule has 0 radical (unpaired) electrons. The van der Waals surface area contributed by atoms with E-state index in [4.69, 9.17) is 11.6 Å². The number of hydrogen-bond acceptors (Lipinski definition) is 4. The Morgan fingerprint density at radius 1 is 1.07 bits per heavy atom. The molecule has 0 amide bonds. The van der Waals surface area contributed by atoms with E-state index in [9.17, 15) is 4.79 Å². The summed E-state index contributed by atoms with van der Waals surface area (Å²) in [7, 11) is 3.85. The van der Waals surface area contributed by atoms with Crippen LogP contribution >= 0.6 is 11.6 Å². The Morgan fingerprint density at radius 3 is 2.52 bits per heavy atom. The molecule has 0 unspecified atom stereocenters. The highest BCUT2D eigenvalue weighted by Crippen LogP contribution is 2.23. The van der Waals surface area contributed by atoms with Crippen LogP contribution in [-0.4, -0.2) is 26.4 Å². The molecule has 0 N–H and O–H groups in total. The Morgan fingerprint density at radius 2 is 1.78 bits per heavy atom. The number of hydrogen-bond donors (Lipinski definition) is 0. The Hall–Kier alpha value is -3.12. The Balaban J connectivity index is 1.68. The summed E-state index contributed by atoms with van der Waals surface area (Å²) in [5, 5.41) is 4.42. The van der Waals surface area contributed by atoms with Gasteiger partial charge in [0, 0.05) is 14.1 Å². The zero-order chi connectivity index (χ0) is 19.0. The second kappa shape index (κ2) is 6.89.